The fourth-order valence-corrected chi connectivity index (χ4v) is 3.89. The van der Waals surface area contributed by atoms with Gasteiger partial charge in [0.25, 0.3) is 5.91 Å². The lowest BCUT2D eigenvalue weighted by atomic mass is 9.96. The second-order valence-corrected chi connectivity index (χ2v) is 7.64. The van der Waals surface area contributed by atoms with Crippen molar-refractivity contribution in [3.05, 3.63) is 94.6 Å². The van der Waals surface area contributed by atoms with Gasteiger partial charge in [-0.3, -0.25) is 4.79 Å². The van der Waals surface area contributed by atoms with Crippen molar-refractivity contribution >= 4 is 5.91 Å². The summed E-state index contributed by atoms with van der Waals surface area (Å²) in [5.41, 5.74) is 0.361. The van der Waals surface area contributed by atoms with Crippen molar-refractivity contribution in [2.24, 2.45) is 0 Å². The molecule has 2 heterocycles. The average molecular weight is 459 g/mol. The standard InChI is InChI=1S/C24H17F4NO4/c25-17-4-2-15(12-19(17)27)24(16-3-5-18(26)20(28)13-16)32-21-6-1-14(11-22(21)33-24)23(30)29-7-9-31-10-8-29/h1-6,11-13H,7-10H2. The van der Waals surface area contributed by atoms with Crippen LogP contribution in [0.25, 0.3) is 0 Å². The molecule has 3 aromatic carbocycles. The lowest BCUT2D eigenvalue weighted by Gasteiger charge is -2.28. The van der Waals surface area contributed by atoms with E-state index in [-0.39, 0.29) is 28.5 Å². The maximum Gasteiger partial charge on any atom is 0.305 e. The molecule has 9 heteroatoms. The average Bonchev–Trinajstić information content (AvgIpc) is 3.22. The van der Waals surface area contributed by atoms with Crippen LogP contribution in [0.15, 0.2) is 54.6 Å². The number of hydrogen-bond donors (Lipinski definition) is 0. The van der Waals surface area contributed by atoms with E-state index in [1.165, 1.54) is 24.3 Å². The number of benzene rings is 3. The van der Waals surface area contributed by atoms with Gasteiger partial charge < -0.3 is 19.1 Å². The van der Waals surface area contributed by atoms with Gasteiger partial charge in [0.2, 0.25) is 0 Å². The molecule has 1 saturated heterocycles. The summed E-state index contributed by atoms with van der Waals surface area (Å²) in [6.45, 7) is 1.76. The smallest absolute Gasteiger partial charge is 0.305 e. The van der Waals surface area contributed by atoms with Crippen molar-refractivity contribution in [2.45, 2.75) is 5.79 Å². The molecule has 0 N–H and O–H groups in total. The number of rotatable bonds is 3. The van der Waals surface area contributed by atoms with Crippen LogP contribution in [0, 0.1) is 23.3 Å². The Morgan fingerprint density at radius 2 is 1.30 bits per heavy atom. The molecule has 33 heavy (non-hydrogen) atoms. The fraction of sp³-hybridized carbons (Fsp3) is 0.208. The van der Waals surface area contributed by atoms with E-state index in [4.69, 9.17) is 14.2 Å². The fourth-order valence-electron chi connectivity index (χ4n) is 3.89. The molecule has 1 fully saturated rings. The Bertz CT molecular complexity index is 1190. The molecular weight excluding hydrogens is 442 g/mol. The van der Waals surface area contributed by atoms with Crippen molar-refractivity contribution in [3.63, 3.8) is 0 Å². The number of hydrogen-bond acceptors (Lipinski definition) is 4. The molecule has 0 spiro atoms. The van der Waals surface area contributed by atoms with Crippen LogP contribution in [-0.2, 0) is 10.5 Å². The van der Waals surface area contributed by atoms with Gasteiger partial charge in [-0.2, -0.15) is 0 Å². The predicted molar refractivity (Wildman–Crippen MR) is 108 cm³/mol. The summed E-state index contributed by atoms with van der Waals surface area (Å²) in [6.07, 6.45) is 0. The van der Waals surface area contributed by atoms with E-state index >= 15 is 0 Å². The third kappa shape index (κ3) is 3.68. The van der Waals surface area contributed by atoms with Crippen LogP contribution >= 0.6 is 0 Å². The molecule has 1 amide bonds. The Kier molecular flexibility index (Phi) is 5.20. The van der Waals surface area contributed by atoms with Gasteiger partial charge in [0.1, 0.15) is 0 Å². The molecule has 5 rings (SSSR count). The van der Waals surface area contributed by atoms with Gasteiger partial charge in [-0.25, -0.2) is 17.6 Å². The SMILES string of the molecule is O=C(c1ccc2c(c1)OC(c1ccc(F)c(F)c1)(c1ccc(F)c(F)c1)O2)N1CCOCC1. The number of ether oxygens (including phenoxy) is 3. The number of carbonyl (C=O) groups excluding carboxylic acids is 1. The van der Waals surface area contributed by atoms with Crippen molar-refractivity contribution in [3.8, 4) is 11.5 Å². The molecular formula is C24H17F4NO4. The topological polar surface area (TPSA) is 48.0 Å². The normalized spacial score (nSPS) is 16.7. The molecule has 0 bridgehead atoms. The molecule has 170 valence electrons. The summed E-state index contributed by atoms with van der Waals surface area (Å²) in [6, 6.07) is 10.5. The first-order chi connectivity index (χ1) is 15.9. The van der Waals surface area contributed by atoms with Crippen molar-refractivity contribution < 1.29 is 36.6 Å². The van der Waals surface area contributed by atoms with E-state index in [0.29, 0.717) is 31.9 Å². The van der Waals surface area contributed by atoms with Gasteiger partial charge >= 0.3 is 5.79 Å². The van der Waals surface area contributed by atoms with Gasteiger partial charge in [0, 0.05) is 29.8 Å². The number of fused-ring (bicyclic) bond motifs is 1. The molecule has 0 atom stereocenters. The van der Waals surface area contributed by atoms with Gasteiger partial charge in [0.15, 0.2) is 34.8 Å². The summed E-state index contributed by atoms with van der Waals surface area (Å²) in [4.78, 5) is 14.5. The molecule has 5 nitrogen and oxygen atoms in total. The van der Waals surface area contributed by atoms with Gasteiger partial charge in [0.05, 0.1) is 13.2 Å². The molecule has 0 aromatic heterocycles. The highest BCUT2D eigenvalue weighted by atomic mass is 19.2. The minimum absolute atomic E-state index is 0.0182. The highest BCUT2D eigenvalue weighted by Crippen LogP contribution is 2.48. The molecule has 0 aliphatic carbocycles. The lowest BCUT2D eigenvalue weighted by Crippen LogP contribution is -2.40. The van der Waals surface area contributed by atoms with E-state index in [9.17, 15) is 22.4 Å². The zero-order chi connectivity index (χ0) is 23.2. The van der Waals surface area contributed by atoms with E-state index in [1.807, 2.05) is 0 Å². The second kappa shape index (κ2) is 8.08. The highest BCUT2D eigenvalue weighted by molar-refractivity contribution is 5.95. The van der Waals surface area contributed by atoms with E-state index in [2.05, 4.69) is 0 Å². The minimum Gasteiger partial charge on any atom is -0.440 e. The van der Waals surface area contributed by atoms with Crippen LogP contribution in [0.5, 0.6) is 11.5 Å². The monoisotopic (exact) mass is 459 g/mol. The zero-order valence-corrected chi connectivity index (χ0v) is 17.1. The van der Waals surface area contributed by atoms with E-state index < -0.39 is 29.1 Å². The Morgan fingerprint density at radius 3 is 1.88 bits per heavy atom. The maximum atomic E-state index is 14.1. The molecule has 0 saturated carbocycles. The number of amides is 1. The summed E-state index contributed by atoms with van der Waals surface area (Å²) in [5.74, 6) is -6.33. The van der Waals surface area contributed by atoms with Gasteiger partial charge in [-0.1, -0.05) is 0 Å². The minimum atomic E-state index is -1.92. The number of halogens is 4. The van der Waals surface area contributed by atoms with Gasteiger partial charge in [-0.05, 0) is 54.6 Å². The number of nitrogens with zero attached hydrogens (tertiary/aromatic N) is 1. The van der Waals surface area contributed by atoms with Crippen molar-refractivity contribution in [2.75, 3.05) is 26.3 Å². The van der Waals surface area contributed by atoms with Crippen molar-refractivity contribution in [1.29, 1.82) is 0 Å². The molecule has 0 radical (unpaired) electrons. The van der Waals surface area contributed by atoms with Gasteiger partial charge in [-0.15, -0.1) is 0 Å². The predicted octanol–water partition coefficient (Wildman–Crippen LogP) is 4.39. The molecule has 2 aliphatic heterocycles. The third-order valence-electron chi connectivity index (χ3n) is 5.60. The van der Waals surface area contributed by atoms with Crippen LogP contribution in [0.4, 0.5) is 17.6 Å². The van der Waals surface area contributed by atoms with Crippen LogP contribution in [0.1, 0.15) is 21.5 Å². The Balaban J connectivity index is 1.57. The zero-order valence-electron chi connectivity index (χ0n) is 17.1. The number of morpholine rings is 1. The first-order valence-corrected chi connectivity index (χ1v) is 10.2. The Morgan fingerprint density at radius 1 is 0.727 bits per heavy atom. The molecule has 0 unspecified atom stereocenters. The Hall–Kier alpha value is -3.59. The second-order valence-electron chi connectivity index (χ2n) is 7.64. The van der Waals surface area contributed by atoms with Crippen molar-refractivity contribution in [1.82, 2.24) is 4.90 Å². The van der Waals surface area contributed by atoms with Crippen LogP contribution in [-0.4, -0.2) is 37.1 Å². The molecule has 2 aliphatic rings. The molecule has 3 aromatic rings. The summed E-state index contributed by atoms with van der Waals surface area (Å²) >= 11 is 0. The maximum absolute atomic E-state index is 14.1. The van der Waals surface area contributed by atoms with E-state index in [0.717, 1.165) is 24.3 Å². The largest absolute Gasteiger partial charge is 0.440 e. The van der Waals surface area contributed by atoms with Crippen LogP contribution in [0.3, 0.4) is 0 Å². The number of carbonyl (C=O) groups is 1. The first kappa shape index (κ1) is 21.3. The van der Waals surface area contributed by atoms with E-state index in [1.54, 1.807) is 11.0 Å². The summed E-state index contributed by atoms with van der Waals surface area (Å²) in [5, 5.41) is 0. The van der Waals surface area contributed by atoms with Crippen LogP contribution < -0.4 is 9.47 Å². The lowest BCUT2D eigenvalue weighted by molar-refractivity contribution is -0.0465. The summed E-state index contributed by atoms with van der Waals surface area (Å²) in [7, 11) is 0. The Labute approximate surface area is 186 Å². The summed E-state index contributed by atoms with van der Waals surface area (Å²) < 4.78 is 72.7. The highest BCUT2D eigenvalue weighted by Gasteiger charge is 2.46. The first-order valence-electron chi connectivity index (χ1n) is 10.2. The quantitative estimate of drug-likeness (QED) is 0.546. The van der Waals surface area contributed by atoms with Crippen LogP contribution in [0.2, 0.25) is 0 Å². The third-order valence-corrected chi connectivity index (χ3v) is 5.60.